The van der Waals surface area contributed by atoms with Gasteiger partial charge in [0.05, 0.1) is 6.33 Å². The van der Waals surface area contributed by atoms with Crippen molar-refractivity contribution in [3.8, 4) is 0 Å². The molecule has 6 nitrogen and oxygen atoms in total. The number of carbonyl (C=O) groups excluding carboxylic acids is 1. The molecule has 1 fully saturated rings. The van der Waals surface area contributed by atoms with Crippen molar-refractivity contribution in [2.24, 2.45) is 7.05 Å². The van der Waals surface area contributed by atoms with Crippen molar-refractivity contribution in [3.63, 3.8) is 0 Å². The standard InChI is InChI=1S/C11H17N3O3S/c1-13-7-11(12-8-13)18(16,17)14(2)9-3-5-10(15)6-4-9/h7-9H,3-6H2,1-2H3. The van der Waals surface area contributed by atoms with Gasteiger partial charge in [-0.1, -0.05) is 0 Å². The summed E-state index contributed by atoms with van der Waals surface area (Å²) in [7, 11) is -0.258. The van der Waals surface area contributed by atoms with E-state index in [4.69, 9.17) is 0 Å². The normalized spacial score (nSPS) is 18.5. The maximum absolute atomic E-state index is 12.3. The minimum Gasteiger partial charge on any atom is -0.339 e. The lowest BCUT2D eigenvalue weighted by Gasteiger charge is -2.29. The fraction of sp³-hybridized carbons (Fsp3) is 0.636. The lowest BCUT2D eigenvalue weighted by molar-refractivity contribution is -0.120. The summed E-state index contributed by atoms with van der Waals surface area (Å²) in [6.45, 7) is 0. The molecule has 0 atom stereocenters. The van der Waals surface area contributed by atoms with Gasteiger partial charge in [0.2, 0.25) is 0 Å². The minimum atomic E-state index is -3.55. The second kappa shape index (κ2) is 4.81. The molecular weight excluding hydrogens is 254 g/mol. The third-order valence-corrected chi connectivity index (χ3v) is 5.15. The maximum atomic E-state index is 12.3. The van der Waals surface area contributed by atoms with Crippen LogP contribution < -0.4 is 0 Å². The minimum absolute atomic E-state index is 0.0596. The highest BCUT2D eigenvalue weighted by atomic mass is 32.2. The zero-order valence-corrected chi connectivity index (χ0v) is 11.4. The Labute approximate surface area is 107 Å². The number of sulfonamides is 1. The summed E-state index contributed by atoms with van der Waals surface area (Å²) in [5.74, 6) is 0.217. The number of imidazole rings is 1. The Morgan fingerprint density at radius 2 is 2.00 bits per heavy atom. The van der Waals surface area contributed by atoms with Crippen molar-refractivity contribution in [3.05, 3.63) is 12.5 Å². The Morgan fingerprint density at radius 1 is 1.39 bits per heavy atom. The number of aryl methyl sites for hydroxylation is 1. The van der Waals surface area contributed by atoms with Crippen LogP contribution in [0.1, 0.15) is 25.7 Å². The van der Waals surface area contributed by atoms with E-state index >= 15 is 0 Å². The first-order chi connectivity index (χ1) is 8.41. The van der Waals surface area contributed by atoms with Gasteiger partial charge in [-0.3, -0.25) is 4.79 Å². The molecule has 1 aromatic heterocycles. The molecule has 18 heavy (non-hydrogen) atoms. The average molecular weight is 271 g/mol. The van der Waals surface area contributed by atoms with Crippen LogP contribution >= 0.6 is 0 Å². The molecular formula is C11H17N3O3S. The van der Waals surface area contributed by atoms with Crippen LogP contribution in [-0.2, 0) is 21.9 Å². The fourth-order valence-corrected chi connectivity index (χ4v) is 3.53. The summed E-state index contributed by atoms with van der Waals surface area (Å²) >= 11 is 0. The summed E-state index contributed by atoms with van der Waals surface area (Å²) in [6, 6.07) is -0.102. The molecule has 0 saturated heterocycles. The molecule has 100 valence electrons. The van der Waals surface area contributed by atoms with Crippen molar-refractivity contribution in [1.29, 1.82) is 0 Å². The number of aromatic nitrogens is 2. The zero-order chi connectivity index (χ0) is 13.3. The molecule has 0 aromatic carbocycles. The molecule has 1 aliphatic rings. The van der Waals surface area contributed by atoms with Gasteiger partial charge in [-0.2, -0.15) is 4.31 Å². The van der Waals surface area contributed by atoms with E-state index < -0.39 is 10.0 Å². The third-order valence-electron chi connectivity index (χ3n) is 3.35. The first kappa shape index (κ1) is 13.2. The number of rotatable bonds is 3. The van der Waals surface area contributed by atoms with Gasteiger partial charge in [-0.25, -0.2) is 13.4 Å². The molecule has 0 unspecified atom stereocenters. The Hall–Kier alpha value is -1.21. The summed E-state index contributed by atoms with van der Waals surface area (Å²) < 4.78 is 27.5. The van der Waals surface area contributed by atoms with Crippen molar-refractivity contribution < 1.29 is 13.2 Å². The molecule has 0 N–H and O–H groups in total. The highest BCUT2D eigenvalue weighted by molar-refractivity contribution is 7.89. The van der Waals surface area contributed by atoms with Gasteiger partial charge in [0.25, 0.3) is 10.0 Å². The van der Waals surface area contributed by atoms with Gasteiger partial charge in [0, 0.05) is 39.2 Å². The molecule has 1 aromatic rings. The highest BCUT2D eigenvalue weighted by Crippen LogP contribution is 2.24. The molecule has 7 heteroatoms. The quantitative estimate of drug-likeness (QED) is 0.805. The van der Waals surface area contributed by atoms with Crippen LogP contribution in [-0.4, -0.2) is 41.1 Å². The molecule has 1 heterocycles. The predicted molar refractivity (Wildman–Crippen MR) is 65.4 cm³/mol. The number of ketones is 1. The number of carbonyl (C=O) groups is 1. The Bertz CT molecular complexity index is 540. The molecule has 0 spiro atoms. The second-order valence-electron chi connectivity index (χ2n) is 4.67. The smallest absolute Gasteiger partial charge is 0.262 e. The van der Waals surface area contributed by atoms with Gasteiger partial charge < -0.3 is 4.57 Å². The van der Waals surface area contributed by atoms with Crippen LogP contribution in [0.25, 0.3) is 0 Å². The second-order valence-corrected chi connectivity index (χ2v) is 6.61. The first-order valence-electron chi connectivity index (χ1n) is 5.89. The summed E-state index contributed by atoms with van der Waals surface area (Å²) in [5.41, 5.74) is 0. The Balaban J connectivity index is 2.17. The van der Waals surface area contributed by atoms with Crippen molar-refractivity contribution >= 4 is 15.8 Å². The number of nitrogens with zero attached hydrogens (tertiary/aromatic N) is 3. The summed E-state index contributed by atoms with van der Waals surface area (Å²) in [5, 5.41) is 0.0596. The van der Waals surface area contributed by atoms with E-state index in [1.165, 1.54) is 16.8 Å². The van der Waals surface area contributed by atoms with Crippen LogP contribution in [0.15, 0.2) is 17.6 Å². The van der Waals surface area contributed by atoms with E-state index in [0.29, 0.717) is 25.7 Å². The summed E-state index contributed by atoms with van der Waals surface area (Å²) in [4.78, 5) is 15.1. The molecule has 0 radical (unpaired) electrons. The van der Waals surface area contributed by atoms with E-state index in [2.05, 4.69) is 4.98 Å². The van der Waals surface area contributed by atoms with Crippen molar-refractivity contribution in [2.45, 2.75) is 36.8 Å². The lowest BCUT2D eigenvalue weighted by Crippen LogP contribution is -2.39. The van der Waals surface area contributed by atoms with E-state index in [1.807, 2.05) is 0 Å². The highest BCUT2D eigenvalue weighted by Gasteiger charge is 2.32. The maximum Gasteiger partial charge on any atom is 0.262 e. The van der Waals surface area contributed by atoms with Gasteiger partial charge in [-0.15, -0.1) is 0 Å². The number of hydrogen-bond donors (Lipinski definition) is 0. The number of hydrogen-bond acceptors (Lipinski definition) is 4. The van der Waals surface area contributed by atoms with Gasteiger partial charge in [0.1, 0.15) is 5.78 Å². The van der Waals surface area contributed by atoms with E-state index in [0.717, 1.165) is 0 Å². The monoisotopic (exact) mass is 271 g/mol. The van der Waals surface area contributed by atoms with Gasteiger partial charge in [0.15, 0.2) is 5.03 Å². The van der Waals surface area contributed by atoms with Crippen molar-refractivity contribution in [2.75, 3.05) is 7.05 Å². The van der Waals surface area contributed by atoms with Crippen LogP contribution in [0.4, 0.5) is 0 Å². The van der Waals surface area contributed by atoms with Gasteiger partial charge >= 0.3 is 0 Å². The van der Waals surface area contributed by atoms with E-state index in [1.54, 1.807) is 18.7 Å². The lowest BCUT2D eigenvalue weighted by atomic mass is 9.95. The number of Topliss-reactive ketones (excluding diaryl/α,β-unsaturated/α-hetero) is 1. The van der Waals surface area contributed by atoms with Gasteiger partial charge in [-0.05, 0) is 12.8 Å². The topological polar surface area (TPSA) is 72.3 Å². The molecule has 0 bridgehead atoms. The van der Waals surface area contributed by atoms with Crippen molar-refractivity contribution in [1.82, 2.24) is 13.9 Å². The average Bonchev–Trinajstić information content (AvgIpc) is 2.76. The van der Waals surface area contributed by atoms with E-state index in [9.17, 15) is 13.2 Å². The van der Waals surface area contributed by atoms with Crippen LogP contribution in [0, 0.1) is 0 Å². The molecule has 0 amide bonds. The zero-order valence-electron chi connectivity index (χ0n) is 10.5. The SMILES string of the molecule is CN(C1CCC(=O)CC1)S(=O)(=O)c1cn(C)cn1. The van der Waals surface area contributed by atoms with Crippen LogP contribution in [0.3, 0.4) is 0 Å². The predicted octanol–water partition coefficient (Wildman–Crippen LogP) is 0.552. The van der Waals surface area contributed by atoms with Crippen LogP contribution in [0.5, 0.6) is 0 Å². The molecule has 2 rings (SSSR count). The van der Waals surface area contributed by atoms with E-state index in [-0.39, 0.29) is 16.9 Å². The Morgan fingerprint density at radius 3 is 2.50 bits per heavy atom. The van der Waals surface area contributed by atoms with Crippen LogP contribution in [0.2, 0.25) is 0 Å². The summed E-state index contributed by atoms with van der Waals surface area (Å²) in [6.07, 6.45) is 5.08. The first-order valence-corrected chi connectivity index (χ1v) is 7.33. The third kappa shape index (κ3) is 2.46. The molecule has 1 saturated carbocycles. The Kier molecular flexibility index (Phi) is 3.54. The molecule has 0 aliphatic heterocycles. The molecule has 1 aliphatic carbocycles. The fourth-order valence-electron chi connectivity index (χ4n) is 2.15. The largest absolute Gasteiger partial charge is 0.339 e.